The Balaban J connectivity index is 2.71. The molecule has 0 spiro atoms. The Kier molecular flexibility index (Phi) is 7.66. The van der Waals surface area contributed by atoms with Crippen LogP contribution in [0.25, 0.3) is 0 Å². The predicted molar refractivity (Wildman–Crippen MR) is 93.5 cm³/mol. The Bertz CT molecular complexity index is 268. The van der Waals surface area contributed by atoms with Crippen molar-refractivity contribution in [3.05, 3.63) is 0 Å². The van der Waals surface area contributed by atoms with Gasteiger partial charge in [0, 0.05) is 44.8 Å². The molecular weight excluding hydrogens is 258 g/mol. The van der Waals surface area contributed by atoms with Crippen LogP contribution in [0.1, 0.15) is 54.4 Å². The molecule has 0 saturated carbocycles. The second kappa shape index (κ2) is 8.50. The van der Waals surface area contributed by atoms with Crippen molar-refractivity contribution in [3.63, 3.8) is 0 Å². The molecule has 1 aliphatic heterocycles. The van der Waals surface area contributed by atoms with E-state index >= 15 is 0 Å². The van der Waals surface area contributed by atoms with Crippen molar-refractivity contribution in [2.24, 2.45) is 23.5 Å². The van der Waals surface area contributed by atoms with E-state index in [9.17, 15) is 0 Å². The minimum absolute atomic E-state index is 0.215. The van der Waals surface area contributed by atoms with Crippen molar-refractivity contribution in [1.29, 1.82) is 0 Å². The predicted octanol–water partition coefficient (Wildman–Crippen LogP) is 3.05. The second-order valence-corrected chi connectivity index (χ2v) is 8.31. The third-order valence-electron chi connectivity index (χ3n) is 4.62. The average molecular weight is 298 g/mol. The van der Waals surface area contributed by atoms with E-state index in [4.69, 9.17) is 5.73 Å². The van der Waals surface area contributed by atoms with Crippen LogP contribution in [0.15, 0.2) is 0 Å². The smallest absolute Gasteiger partial charge is 0.0337 e. The van der Waals surface area contributed by atoms with Gasteiger partial charge < -0.3 is 10.6 Å². The standard InChI is InChI=1S/C18H39N3/c1-15(2)11-18(14-19,12-16(3)4)21-9-7-20(8-10-21)13-17(5)6/h15-17H,7-14,19H2,1-6H3. The van der Waals surface area contributed by atoms with Crippen LogP contribution < -0.4 is 5.73 Å². The Morgan fingerprint density at radius 2 is 1.29 bits per heavy atom. The number of piperazine rings is 1. The Labute approximate surface area is 133 Å². The first kappa shape index (κ1) is 18.9. The van der Waals surface area contributed by atoms with Gasteiger partial charge in [0.05, 0.1) is 0 Å². The zero-order chi connectivity index (χ0) is 16.0. The largest absolute Gasteiger partial charge is 0.329 e. The van der Waals surface area contributed by atoms with E-state index in [0.717, 1.165) is 12.5 Å². The summed E-state index contributed by atoms with van der Waals surface area (Å²) in [6.45, 7) is 20.8. The molecule has 0 unspecified atom stereocenters. The van der Waals surface area contributed by atoms with Crippen molar-refractivity contribution < 1.29 is 0 Å². The molecule has 1 heterocycles. The molecule has 3 heteroatoms. The molecule has 0 atom stereocenters. The highest BCUT2D eigenvalue weighted by atomic mass is 15.3. The number of rotatable bonds is 8. The number of hydrogen-bond acceptors (Lipinski definition) is 3. The first-order valence-corrected chi connectivity index (χ1v) is 8.96. The maximum atomic E-state index is 6.30. The highest BCUT2D eigenvalue weighted by Gasteiger charge is 2.38. The number of nitrogens with two attached hydrogens (primary N) is 1. The Morgan fingerprint density at radius 1 is 0.810 bits per heavy atom. The molecular formula is C18H39N3. The second-order valence-electron chi connectivity index (χ2n) is 8.31. The summed E-state index contributed by atoms with van der Waals surface area (Å²) in [6, 6.07) is 0. The van der Waals surface area contributed by atoms with Gasteiger partial charge in [0.25, 0.3) is 0 Å². The van der Waals surface area contributed by atoms with Gasteiger partial charge in [0.2, 0.25) is 0 Å². The van der Waals surface area contributed by atoms with E-state index < -0.39 is 0 Å². The molecule has 1 aliphatic rings. The van der Waals surface area contributed by atoms with E-state index in [0.29, 0.717) is 11.8 Å². The first-order valence-electron chi connectivity index (χ1n) is 8.96. The molecule has 0 bridgehead atoms. The van der Waals surface area contributed by atoms with E-state index in [1.54, 1.807) is 0 Å². The highest BCUT2D eigenvalue weighted by Crippen LogP contribution is 2.31. The van der Waals surface area contributed by atoms with Crippen molar-refractivity contribution in [3.8, 4) is 0 Å². The SMILES string of the molecule is CC(C)CN1CCN(C(CN)(CC(C)C)CC(C)C)CC1. The van der Waals surface area contributed by atoms with Crippen LogP contribution in [0.5, 0.6) is 0 Å². The van der Waals surface area contributed by atoms with E-state index in [2.05, 4.69) is 51.3 Å². The van der Waals surface area contributed by atoms with Crippen LogP contribution in [0.3, 0.4) is 0 Å². The van der Waals surface area contributed by atoms with Crippen molar-refractivity contribution in [1.82, 2.24) is 9.80 Å². The molecule has 1 fully saturated rings. The summed E-state index contributed by atoms with van der Waals surface area (Å²) in [5, 5.41) is 0. The van der Waals surface area contributed by atoms with Gasteiger partial charge in [-0.15, -0.1) is 0 Å². The Hall–Kier alpha value is -0.120. The lowest BCUT2D eigenvalue weighted by atomic mass is 9.80. The van der Waals surface area contributed by atoms with Gasteiger partial charge in [-0.25, -0.2) is 0 Å². The van der Waals surface area contributed by atoms with Crippen LogP contribution in [-0.2, 0) is 0 Å². The van der Waals surface area contributed by atoms with E-state index in [1.165, 1.54) is 45.6 Å². The molecule has 0 amide bonds. The fourth-order valence-electron chi connectivity index (χ4n) is 4.08. The van der Waals surface area contributed by atoms with Gasteiger partial charge in [-0.05, 0) is 30.6 Å². The molecule has 0 aliphatic carbocycles. The van der Waals surface area contributed by atoms with Crippen LogP contribution in [0, 0.1) is 17.8 Å². The highest BCUT2D eigenvalue weighted by molar-refractivity contribution is 4.95. The zero-order valence-electron chi connectivity index (χ0n) is 15.4. The van der Waals surface area contributed by atoms with Gasteiger partial charge in [-0.3, -0.25) is 4.90 Å². The topological polar surface area (TPSA) is 32.5 Å². The summed E-state index contributed by atoms with van der Waals surface area (Å²) in [5.74, 6) is 2.18. The van der Waals surface area contributed by atoms with Crippen molar-refractivity contribution in [2.45, 2.75) is 59.9 Å². The molecule has 126 valence electrons. The minimum atomic E-state index is 0.215. The van der Waals surface area contributed by atoms with Crippen molar-refractivity contribution in [2.75, 3.05) is 39.3 Å². The molecule has 0 aromatic carbocycles. The van der Waals surface area contributed by atoms with Crippen LogP contribution in [0.4, 0.5) is 0 Å². The minimum Gasteiger partial charge on any atom is -0.329 e. The molecule has 2 N–H and O–H groups in total. The number of hydrogen-bond donors (Lipinski definition) is 1. The van der Waals surface area contributed by atoms with Gasteiger partial charge in [0.15, 0.2) is 0 Å². The Morgan fingerprint density at radius 3 is 1.62 bits per heavy atom. The first-order chi connectivity index (χ1) is 9.79. The summed E-state index contributed by atoms with van der Waals surface area (Å²) >= 11 is 0. The van der Waals surface area contributed by atoms with Gasteiger partial charge in [-0.1, -0.05) is 41.5 Å². The molecule has 0 radical (unpaired) electrons. The number of nitrogens with zero attached hydrogens (tertiary/aromatic N) is 2. The molecule has 21 heavy (non-hydrogen) atoms. The maximum absolute atomic E-state index is 6.30. The fraction of sp³-hybridized carbons (Fsp3) is 1.00. The summed E-state index contributed by atoms with van der Waals surface area (Å²) in [6.07, 6.45) is 2.46. The van der Waals surface area contributed by atoms with E-state index in [1.807, 2.05) is 0 Å². The van der Waals surface area contributed by atoms with E-state index in [-0.39, 0.29) is 5.54 Å². The third kappa shape index (κ3) is 5.88. The fourth-order valence-corrected chi connectivity index (χ4v) is 4.08. The molecule has 1 rings (SSSR count). The third-order valence-corrected chi connectivity index (χ3v) is 4.62. The molecule has 0 aromatic heterocycles. The summed E-state index contributed by atoms with van der Waals surface area (Å²) in [4.78, 5) is 5.33. The molecule has 3 nitrogen and oxygen atoms in total. The maximum Gasteiger partial charge on any atom is 0.0337 e. The lowest BCUT2D eigenvalue weighted by molar-refractivity contribution is 0.00789. The quantitative estimate of drug-likeness (QED) is 0.747. The molecule has 0 aromatic rings. The monoisotopic (exact) mass is 297 g/mol. The lowest BCUT2D eigenvalue weighted by Gasteiger charge is -2.49. The van der Waals surface area contributed by atoms with Gasteiger partial charge in [-0.2, -0.15) is 0 Å². The zero-order valence-corrected chi connectivity index (χ0v) is 15.4. The molecule has 1 saturated heterocycles. The van der Waals surface area contributed by atoms with Crippen molar-refractivity contribution >= 4 is 0 Å². The van der Waals surface area contributed by atoms with Gasteiger partial charge in [0.1, 0.15) is 0 Å². The average Bonchev–Trinajstić information content (AvgIpc) is 2.36. The van der Waals surface area contributed by atoms with Gasteiger partial charge >= 0.3 is 0 Å². The summed E-state index contributed by atoms with van der Waals surface area (Å²) in [7, 11) is 0. The summed E-state index contributed by atoms with van der Waals surface area (Å²) < 4.78 is 0. The summed E-state index contributed by atoms with van der Waals surface area (Å²) in [5.41, 5.74) is 6.51. The van der Waals surface area contributed by atoms with Crippen LogP contribution in [0.2, 0.25) is 0 Å². The van der Waals surface area contributed by atoms with Crippen LogP contribution in [-0.4, -0.2) is 54.6 Å². The lowest BCUT2D eigenvalue weighted by Crippen LogP contribution is -2.61. The van der Waals surface area contributed by atoms with Crippen LogP contribution >= 0.6 is 0 Å². The normalized spacial score (nSPS) is 19.1.